The Kier molecular flexibility index (Phi) is 5.89. The zero-order chi connectivity index (χ0) is 18.4. The van der Waals surface area contributed by atoms with E-state index in [9.17, 15) is 4.79 Å². The molecule has 3 aromatic rings. The van der Waals surface area contributed by atoms with E-state index in [1.165, 1.54) is 5.56 Å². The zero-order valence-corrected chi connectivity index (χ0v) is 15.3. The molecule has 0 saturated carbocycles. The van der Waals surface area contributed by atoms with E-state index < -0.39 is 0 Å². The second-order valence-electron chi connectivity index (χ2n) is 6.64. The first-order chi connectivity index (χ1) is 12.6. The third-order valence-electron chi connectivity index (χ3n) is 4.34. The predicted octanol–water partition coefficient (Wildman–Crippen LogP) is 3.75. The van der Waals surface area contributed by atoms with Crippen molar-refractivity contribution in [2.75, 3.05) is 13.2 Å². The van der Waals surface area contributed by atoms with Crippen LogP contribution in [0.4, 0.5) is 0 Å². The Hall–Kier alpha value is -2.82. The molecule has 5 heteroatoms. The number of carbonyl (C=O) groups excluding carboxylic acids is 1. The van der Waals surface area contributed by atoms with Crippen LogP contribution in [0.3, 0.4) is 0 Å². The van der Waals surface area contributed by atoms with Crippen LogP contribution in [0.25, 0.3) is 11.0 Å². The molecule has 0 aliphatic heterocycles. The molecule has 0 saturated heterocycles. The number of hydrogen-bond acceptors (Lipinski definition) is 3. The number of aryl methyl sites for hydroxylation is 1. The normalized spacial score (nSPS) is 11.0. The summed E-state index contributed by atoms with van der Waals surface area (Å²) in [6, 6.07) is 15.9. The minimum Gasteiger partial charge on any atom is -0.484 e. The number of rotatable bonds is 8. The monoisotopic (exact) mass is 351 g/mol. The number of fused-ring (bicyclic) bond motifs is 1. The number of imidazole rings is 1. The van der Waals surface area contributed by atoms with E-state index in [1.807, 2.05) is 48.8 Å². The third kappa shape index (κ3) is 4.63. The van der Waals surface area contributed by atoms with Crippen LogP contribution in [-0.4, -0.2) is 28.6 Å². The standard InChI is InChI=1S/C21H25N3O2/c1-16(2)17-8-10-18(11-9-17)26-14-21(25)22-12-5-13-24-15-23-19-6-3-4-7-20(19)24/h3-4,6-11,15-16H,5,12-14H2,1-2H3,(H,22,25). The van der Waals surface area contributed by atoms with Gasteiger partial charge in [-0.05, 0) is 42.2 Å². The summed E-state index contributed by atoms with van der Waals surface area (Å²) in [7, 11) is 0. The molecule has 1 amide bonds. The Morgan fingerprint density at radius 3 is 2.69 bits per heavy atom. The lowest BCUT2D eigenvalue weighted by Crippen LogP contribution is -2.30. The molecule has 2 aromatic carbocycles. The van der Waals surface area contributed by atoms with Crippen LogP contribution >= 0.6 is 0 Å². The fourth-order valence-electron chi connectivity index (χ4n) is 2.81. The number of benzene rings is 2. The van der Waals surface area contributed by atoms with Crippen molar-refractivity contribution in [1.29, 1.82) is 0 Å². The van der Waals surface area contributed by atoms with Gasteiger partial charge in [0.05, 0.1) is 17.4 Å². The van der Waals surface area contributed by atoms with Gasteiger partial charge in [-0.2, -0.15) is 0 Å². The van der Waals surface area contributed by atoms with Crippen molar-refractivity contribution < 1.29 is 9.53 Å². The zero-order valence-electron chi connectivity index (χ0n) is 15.3. The molecule has 0 bridgehead atoms. The van der Waals surface area contributed by atoms with Gasteiger partial charge in [0.1, 0.15) is 5.75 Å². The highest BCUT2D eigenvalue weighted by atomic mass is 16.5. The Morgan fingerprint density at radius 2 is 1.92 bits per heavy atom. The molecular formula is C21H25N3O2. The van der Waals surface area contributed by atoms with Gasteiger partial charge in [-0.15, -0.1) is 0 Å². The Morgan fingerprint density at radius 1 is 1.15 bits per heavy atom. The van der Waals surface area contributed by atoms with E-state index in [1.54, 1.807) is 0 Å². The van der Waals surface area contributed by atoms with E-state index in [0.717, 1.165) is 29.7 Å². The van der Waals surface area contributed by atoms with Crippen LogP contribution in [0.1, 0.15) is 31.7 Å². The molecule has 0 radical (unpaired) electrons. The Bertz CT molecular complexity index is 853. The summed E-state index contributed by atoms with van der Waals surface area (Å²) in [6.45, 7) is 5.76. The van der Waals surface area contributed by atoms with E-state index in [2.05, 4.69) is 34.8 Å². The SMILES string of the molecule is CC(C)c1ccc(OCC(=O)NCCCn2cnc3ccccc32)cc1. The maximum absolute atomic E-state index is 11.9. The summed E-state index contributed by atoms with van der Waals surface area (Å²) in [6.07, 6.45) is 2.69. The summed E-state index contributed by atoms with van der Waals surface area (Å²) in [4.78, 5) is 16.3. The van der Waals surface area contributed by atoms with Crippen LogP contribution in [0.2, 0.25) is 0 Å². The molecule has 1 N–H and O–H groups in total. The van der Waals surface area contributed by atoms with Crippen molar-refractivity contribution in [2.45, 2.75) is 32.7 Å². The quantitative estimate of drug-likeness (QED) is 0.629. The van der Waals surface area contributed by atoms with Crippen molar-refractivity contribution >= 4 is 16.9 Å². The molecule has 0 unspecified atom stereocenters. The van der Waals surface area contributed by atoms with Gasteiger partial charge in [0.15, 0.2) is 6.61 Å². The predicted molar refractivity (Wildman–Crippen MR) is 103 cm³/mol. The summed E-state index contributed by atoms with van der Waals surface area (Å²) in [5.74, 6) is 1.10. The number of ether oxygens (including phenoxy) is 1. The fraction of sp³-hybridized carbons (Fsp3) is 0.333. The molecule has 5 nitrogen and oxygen atoms in total. The van der Waals surface area contributed by atoms with Gasteiger partial charge in [-0.1, -0.05) is 38.1 Å². The first kappa shape index (κ1) is 18.0. The molecule has 0 aliphatic carbocycles. The van der Waals surface area contributed by atoms with Gasteiger partial charge >= 0.3 is 0 Å². The van der Waals surface area contributed by atoms with Crippen molar-refractivity contribution in [2.24, 2.45) is 0 Å². The van der Waals surface area contributed by atoms with Gasteiger partial charge in [0.2, 0.25) is 0 Å². The number of hydrogen-bond donors (Lipinski definition) is 1. The van der Waals surface area contributed by atoms with Crippen LogP contribution in [-0.2, 0) is 11.3 Å². The van der Waals surface area contributed by atoms with E-state index in [0.29, 0.717) is 12.5 Å². The number of carbonyl (C=O) groups is 1. The molecule has 26 heavy (non-hydrogen) atoms. The second-order valence-corrected chi connectivity index (χ2v) is 6.64. The highest BCUT2D eigenvalue weighted by Gasteiger charge is 2.05. The molecule has 1 heterocycles. The topological polar surface area (TPSA) is 56.1 Å². The number of aromatic nitrogens is 2. The largest absolute Gasteiger partial charge is 0.484 e. The number of para-hydroxylation sites is 2. The number of amides is 1. The number of nitrogens with zero attached hydrogens (tertiary/aromatic N) is 2. The van der Waals surface area contributed by atoms with E-state index >= 15 is 0 Å². The van der Waals surface area contributed by atoms with Crippen LogP contribution in [0, 0.1) is 0 Å². The highest BCUT2D eigenvalue weighted by molar-refractivity contribution is 5.77. The maximum Gasteiger partial charge on any atom is 0.257 e. The fourth-order valence-corrected chi connectivity index (χ4v) is 2.81. The van der Waals surface area contributed by atoms with Crippen molar-refractivity contribution in [3.05, 3.63) is 60.4 Å². The summed E-state index contributed by atoms with van der Waals surface area (Å²) in [5.41, 5.74) is 3.37. The van der Waals surface area contributed by atoms with Crippen LogP contribution < -0.4 is 10.1 Å². The van der Waals surface area contributed by atoms with Gasteiger partial charge in [-0.3, -0.25) is 4.79 Å². The van der Waals surface area contributed by atoms with Crippen LogP contribution in [0.15, 0.2) is 54.9 Å². The minimum absolute atomic E-state index is 0.0367. The van der Waals surface area contributed by atoms with E-state index in [4.69, 9.17) is 4.74 Å². The van der Waals surface area contributed by atoms with Gasteiger partial charge < -0.3 is 14.6 Å². The van der Waals surface area contributed by atoms with Gasteiger partial charge in [0.25, 0.3) is 5.91 Å². The highest BCUT2D eigenvalue weighted by Crippen LogP contribution is 2.18. The summed E-state index contributed by atoms with van der Waals surface area (Å²) >= 11 is 0. The van der Waals surface area contributed by atoms with Crippen molar-refractivity contribution in [3.63, 3.8) is 0 Å². The minimum atomic E-state index is -0.103. The Labute approximate surface area is 154 Å². The van der Waals surface area contributed by atoms with Gasteiger partial charge in [0, 0.05) is 13.1 Å². The molecular weight excluding hydrogens is 326 g/mol. The molecule has 1 aromatic heterocycles. The summed E-state index contributed by atoms with van der Waals surface area (Å²) in [5, 5.41) is 2.90. The lowest BCUT2D eigenvalue weighted by atomic mass is 10.0. The van der Waals surface area contributed by atoms with Crippen LogP contribution in [0.5, 0.6) is 5.75 Å². The average molecular weight is 351 g/mol. The molecule has 0 spiro atoms. The molecule has 0 atom stereocenters. The second kappa shape index (κ2) is 8.52. The maximum atomic E-state index is 11.9. The summed E-state index contributed by atoms with van der Waals surface area (Å²) < 4.78 is 7.64. The first-order valence-corrected chi connectivity index (χ1v) is 9.03. The third-order valence-corrected chi connectivity index (χ3v) is 4.34. The number of nitrogens with one attached hydrogen (secondary N) is 1. The molecule has 136 valence electrons. The Balaban J connectivity index is 1.37. The lowest BCUT2D eigenvalue weighted by molar-refractivity contribution is -0.123. The first-order valence-electron chi connectivity index (χ1n) is 9.03. The van der Waals surface area contributed by atoms with Crippen molar-refractivity contribution in [1.82, 2.24) is 14.9 Å². The van der Waals surface area contributed by atoms with Crippen molar-refractivity contribution in [3.8, 4) is 5.75 Å². The average Bonchev–Trinajstić information content (AvgIpc) is 3.07. The molecule has 0 fully saturated rings. The molecule has 3 rings (SSSR count). The lowest BCUT2D eigenvalue weighted by Gasteiger charge is -2.10. The smallest absolute Gasteiger partial charge is 0.257 e. The molecule has 0 aliphatic rings. The van der Waals surface area contributed by atoms with Gasteiger partial charge in [-0.25, -0.2) is 4.98 Å². The van der Waals surface area contributed by atoms with E-state index in [-0.39, 0.29) is 12.5 Å².